The number of nitrogens with zero attached hydrogens (tertiary/aromatic N) is 1. The van der Waals surface area contributed by atoms with E-state index in [9.17, 15) is 0 Å². The molecule has 3 nitrogen and oxygen atoms in total. The first kappa shape index (κ1) is 43.4. The average Bonchev–Trinajstić information content (AvgIpc) is 4.12. The summed E-state index contributed by atoms with van der Waals surface area (Å²) in [4.78, 5) is 2.47. The van der Waals surface area contributed by atoms with Crippen molar-refractivity contribution in [2.45, 2.75) is 10.8 Å². The van der Waals surface area contributed by atoms with Crippen molar-refractivity contribution < 1.29 is 9.47 Å². The third-order valence-corrected chi connectivity index (χ3v) is 16.8. The molecule has 2 aliphatic carbocycles. The molecule has 2 aliphatic heterocycles. The Morgan fingerprint density at radius 1 is 0.234 bits per heavy atom. The fraction of sp³-hybridized carbons (Fsp3) is 0.0270. The molecule has 12 aromatic rings. The van der Waals surface area contributed by atoms with Gasteiger partial charge in [-0.3, -0.25) is 0 Å². The van der Waals surface area contributed by atoms with Gasteiger partial charge in [0.1, 0.15) is 23.0 Å². The Kier molecular flexibility index (Phi) is 9.47. The number of para-hydroxylation sites is 6. The Balaban J connectivity index is 0.886. The van der Waals surface area contributed by atoms with Crippen molar-refractivity contribution in [3.63, 3.8) is 0 Å². The number of ether oxygens (including phenoxy) is 2. The van der Waals surface area contributed by atoms with E-state index in [1.807, 2.05) is 0 Å². The second kappa shape index (κ2) is 16.8. The van der Waals surface area contributed by atoms with E-state index in [1.54, 1.807) is 0 Å². The number of fused-ring (bicyclic) bond motifs is 18. The van der Waals surface area contributed by atoms with Crippen LogP contribution in [0.15, 0.2) is 285 Å². The van der Waals surface area contributed by atoms with Gasteiger partial charge in [0.15, 0.2) is 0 Å². The highest BCUT2D eigenvalue weighted by Crippen LogP contribution is 2.65. The first-order valence-electron chi connectivity index (χ1n) is 26.6. The summed E-state index contributed by atoms with van der Waals surface area (Å²) in [5.74, 6) is 3.55. The molecule has 77 heavy (non-hydrogen) atoms. The van der Waals surface area contributed by atoms with E-state index in [1.165, 1.54) is 50.1 Å². The van der Waals surface area contributed by atoms with Gasteiger partial charge < -0.3 is 14.4 Å². The second-order valence-corrected chi connectivity index (χ2v) is 20.6. The van der Waals surface area contributed by atoms with Gasteiger partial charge in [0.05, 0.1) is 22.2 Å². The van der Waals surface area contributed by atoms with E-state index in [2.05, 4.69) is 290 Å². The van der Waals surface area contributed by atoms with Crippen LogP contribution in [0.5, 0.6) is 23.0 Å². The van der Waals surface area contributed by atoms with Crippen molar-refractivity contribution in [1.29, 1.82) is 0 Å². The molecule has 4 aliphatic rings. The fourth-order valence-corrected chi connectivity index (χ4v) is 13.8. The van der Waals surface area contributed by atoms with E-state index < -0.39 is 10.8 Å². The predicted molar refractivity (Wildman–Crippen MR) is 312 cm³/mol. The van der Waals surface area contributed by atoms with Gasteiger partial charge in [0.25, 0.3) is 0 Å². The molecule has 0 radical (unpaired) electrons. The fourth-order valence-electron chi connectivity index (χ4n) is 13.8. The van der Waals surface area contributed by atoms with Crippen LogP contribution < -0.4 is 14.4 Å². The highest BCUT2D eigenvalue weighted by atomic mass is 16.5. The van der Waals surface area contributed by atoms with Gasteiger partial charge >= 0.3 is 0 Å². The maximum absolute atomic E-state index is 6.72. The molecule has 0 atom stereocenters. The normalized spacial score (nSPS) is 13.9. The second-order valence-electron chi connectivity index (χ2n) is 20.6. The molecule has 3 heteroatoms. The number of hydrogen-bond acceptors (Lipinski definition) is 3. The first-order chi connectivity index (χ1) is 38.2. The van der Waals surface area contributed by atoms with E-state index in [4.69, 9.17) is 9.47 Å². The van der Waals surface area contributed by atoms with E-state index in [0.29, 0.717) is 0 Å². The van der Waals surface area contributed by atoms with Crippen molar-refractivity contribution in [1.82, 2.24) is 0 Å². The third kappa shape index (κ3) is 6.08. The summed E-state index contributed by atoms with van der Waals surface area (Å²) >= 11 is 0. The van der Waals surface area contributed by atoms with Gasteiger partial charge in [-0.05, 0) is 121 Å². The van der Waals surface area contributed by atoms with Crippen LogP contribution in [0.4, 0.5) is 17.1 Å². The standard InChI is InChI=1S/C74H47NO2/c1-2-21-48(22-3-1)52-23-6-14-35-66(52)75(51-44-41-49(42-45-51)54-27-20-34-64-72(54)57-26-5-9-29-59(57)73(64)60-30-10-16-37-68(60)76-69-38-17-11-31-61(69)73)67-36-15-7-24-53(67)50-43-46-56-55-25-4-8-28-58(55)74(65(56)47-50)62-32-12-18-39-70(62)77-71-40-19-13-33-63(71)74/h1-47H. The molecule has 16 rings (SSSR count). The van der Waals surface area contributed by atoms with Crippen molar-refractivity contribution in [2.24, 2.45) is 0 Å². The summed E-state index contributed by atoms with van der Waals surface area (Å²) in [6, 6.07) is 104. The summed E-state index contributed by atoms with van der Waals surface area (Å²) < 4.78 is 13.4. The van der Waals surface area contributed by atoms with Gasteiger partial charge in [-0.25, -0.2) is 0 Å². The highest BCUT2D eigenvalue weighted by molar-refractivity contribution is 5.99. The summed E-state index contributed by atoms with van der Waals surface area (Å²) in [6.45, 7) is 0. The molecule has 0 fully saturated rings. The molecule has 0 N–H and O–H groups in total. The molecule has 2 spiro atoms. The van der Waals surface area contributed by atoms with Crippen LogP contribution >= 0.6 is 0 Å². The van der Waals surface area contributed by atoms with Crippen LogP contribution in [0.3, 0.4) is 0 Å². The van der Waals surface area contributed by atoms with Gasteiger partial charge in [-0.2, -0.15) is 0 Å². The molecule has 0 aromatic heterocycles. The predicted octanol–water partition coefficient (Wildman–Crippen LogP) is 19.1. The van der Waals surface area contributed by atoms with Crippen LogP contribution in [0.2, 0.25) is 0 Å². The van der Waals surface area contributed by atoms with Crippen molar-refractivity contribution in [2.75, 3.05) is 4.90 Å². The van der Waals surface area contributed by atoms with Crippen LogP contribution in [0, 0.1) is 0 Å². The number of anilines is 3. The zero-order valence-electron chi connectivity index (χ0n) is 41.9. The first-order valence-corrected chi connectivity index (χ1v) is 26.6. The van der Waals surface area contributed by atoms with Crippen molar-refractivity contribution in [3.8, 4) is 78.6 Å². The highest BCUT2D eigenvalue weighted by Gasteiger charge is 2.53. The third-order valence-electron chi connectivity index (χ3n) is 16.8. The summed E-state index contributed by atoms with van der Waals surface area (Å²) in [5, 5.41) is 0. The largest absolute Gasteiger partial charge is 0.457 e. The lowest BCUT2D eigenvalue weighted by molar-refractivity contribution is 0.436. The SMILES string of the molecule is c1ccc(-c2ccccc2N(c2ccc(-c3cccc4c3-c3ccccc3C43c4ccccc4Oc4ccccc43)cc2)c2ccccc2-c2ccc3c(c2)C2(c4ccccc4Oc4ccccc42)c2ccccc2-3)cc1. The zero-order valence-corrected chi connectivity index (χ0v) is 41.9. The minimum Gasteiger partial charge on any atom is -0.457 e. The maximum atomic E-state index is 6.72. The molecule has 0 unspecified atom stereocenters. The Morgan fingerprint density at radius 3 is 1.18 bits per heavy atom. The maximum Gasteiger partial charge on any atom is 0.132 e. The minimum atomic E-state index is -0.590. The smallest absolute Gasteiger partial charge is 0.132 e. The lowest BCUT2D eigenvalue weighted by atomic mass is 9.66. The van der Waals surface area contributed by atoms with Crippen LogP contribution in [0.1, 0.15) is 44.5 Å². The summed E-state index contributed by atoms with van der Waals surface area (Å²) in [7, 11) is 0. The molecule has 0 amide bonds. The quantitative estimate of drug-likeness (QED) is 0.166. The average molecular weight is 982 g/mol. The molecular weight excluding hydrogens is 935 g/mol. The zero-order chi connectivity index (χ0) is 50.7. The van der Waals surface area contributed by atoms with E-state index in [-0.39, 0.29) is 0 Å². The molecular formula is C74H47NO2. The number of benzene rings is 12. The molecule has 2 heterocycles. The van der Waals surface area contributed by atoms with Crippen molar-refractivity contribution in [3.05, 3.63) is 330 Å². The number of hydrogen-bond donors (Lipinski definition) is 0. The van der Waals surface area contributed by atoms with Crippen LogP contribution in [0.25, 0.3) is 55.6 Å². The van der Waals surface area contributed by atoms with Gasteiger partial charge in [-0.15, -0.1) is 0 Å². The summed E-state index contributed by atoms with van der Waals surface area (Å²) in [6.07, 6.45) is 0. The monoisotopic (exact) mass is 981 g/mol. The van der Waals surface area contributed by atoms with Gasteiger partial charge in [-0.1, -0.05) is 231 Å². The Bertz CT molecular complexity index is 4270. The van der Waals surface area contributed by atoms with Gasteiger partial charge in [0.2, 0.25) is 0 Å². The van der Waals surface area contributed by atoms with E-state index in [0.717, 1.165) is 90.1 Å². The van der Waals surface area contributed by atoms with E-state index >= 15 is 0 Å². The molecule has 0 saturated heterocycles. The Morgan fingerprint density at radius 2 is 0.610 bits per heavy atom. The summed E-state index contributed by atoms with van der Waals surface area (Å²) in [5.41, 5.74) is 23.7. The molecule has 0 bridgehead atoms. The topological polar surface area (TPSA) is 21.7 Å². The lowest BCUT2D eigenvalue weighted by Gasteiger charge is -2.39. The Hall–Kier alpha value is -9.96. The molecule has 0 saturated carbocycles. The van der Waals surface area contributed by atoms with Gasteiger partial charge in [0, 0.05) is 39.1 Å². The Labute approximate surface area is 448 Å². The molecule has 360 valence electrons. The van der Waals surface area contributed by atoms with Crippen molar-refractivity contribution >= 4 is 17.1 Å². The molecule has 12 aromatic carbocycles. The van der Waals surface area contributed by atoms with Crippen LogP contribution in [-0.4, -0.2) is 0 Å². The minimum absolute atomic E-state index is 0.549. The van der Waals surface area contributed by atoms with Crippen LogP contribution in [-0.2, 0) is 10.8 Å². The number of rotatable bonds is 6. The lowest BCUT2D eigenvalue weighted by Crippen LogP contribution is -2.32.